The number of thiazole rings is 1. The van der Waals surface area contributed by atoms with Crippen LogP contribution in [0.1, 0.15) is 30.7 Å². The molecule has 2 rings (SSSR count). The van der Waals surface area contributed by atoms with E-state index in [0.717, 1.165) is 23.8 Å². The number of carbonyl (C=O) groups is 1. The van der Waals surface area contributed by atoms with Gasteiger partial charge in [0.1, 0.15) is 11.1 Å². The lowest BCUT2D eigenvalue weighted by atomic mass is 10.0. The Morgan fingerprint density at radius 1 is 1.68 bits per heavy atom. The van der Waals surface area contributed by atoms with Crippen LogP contribution in [-0.2, 0) is 16.1 Å². The molecule has 1 saturated heterocycles. The largest absolute Gasteiger partial charge is 0.372 e. The first kappa shape index (κ1) is 14.4. The molecule has 0 aliphatic carbocycles. The number of aromatic nitrogens is 1. The first-order valence-electron chi connectivity index (χ1n) is 6.63. The number of nitrogens with one attached hydrogen (secondary N) is 1. The summed E-state index contributed by atoms with van der Waals surface area (Å²) in [7, 11) is 1.84. The molecule has 0 spiro atoms. The fraction of sp³-hybridized carbons (Fsp3) is 0.692. The predicted octanol–water partition coefficient (Wildman–Crippen LogP) is 1.42. The van der Waals surface area contributed by atoms with E-state index < -0.39 is 0 Å². The van der Waals surface area contributed by atoms with Gasteiger partial charge < -0.3 is 15.0 Å². The number of ether oxygens (including phenoxy) is 1. The van der Waals surface area contributed by atoms with Crippen molar-refractivity contribution in [3.05, 3.63) is 16.1 Å². The molecule has 106 valence electrons. The first-order valence-corrected chi connectivity index (χ1v) is 7.51. The maximum absolute atomic E-state index is 12.0. The van der Waals surface area contributed by atoms with Gasteiger partial charge in [-0.05, 0) is 13.8 Å². The standard InChI is InChI=1S/C13H21N3O2S/c1-4-18-9(2)12-15-11(8-19-12)7-16(3)13(17)10-5-14-6-10/h8-10,14H,4-7H2,1-3H3. The van der Waals surface area contributed by atoms with Crippen LogP contribution < -0.4 is 5.32 Å². The summed E-state index contributed by atoms with van der Waals surface area (Å²) in [5.74, 6) is 0.344. The van der Waals surface area contributed by atoms with E-state index in [0.29, 0.717) is 13.2 Å². The Labute approximate surface area is 118 Å². The molecule has 1 unspecified atom stereocenters. The SMILES string of the molecule is CCOC(C)c1nc(CN(C)C(=O)C2CNC2)cs1. The van der Waals surface area contributed by atoms with E-state index in [2.05, 4.69) is 10.3 Å². The van der Waals surface area contributed by atoms with Crippen LogP contribution in [0.4, 0.5) is 0 Å². The lowest BCUT2D eigenvalue weighted by molar-refractivity contribution is -0.136. The second-order valence-corrected chi connectivity index (χ2v) is 5.71. The second-order valence-electron chi connectivity index (χ2n) is 4.82. The normalized spacial score (nSPS) is 17.0. The van der Waals surface area contributed by atoms with E-state index in [1.165, 1.54) is 0 Å². The second kappa shape index (κ2) is 6.45. The van der Waals surface area contributed by atoms with Gasteiger partial charge in [-0.2, -0.15) is 0 Å². The van der Waals surface area contributed by atoms with Crippen LogP contribution in [0.3, 0.4) is 0 Å². The molecule has 0 saturated carbocycles. The van der Waals surface area contributed by atoms with Crippen LogP contribution in [0.2, 0.25) is 0 Å². The van der Waals surface area contributed by atoms with Crippen molar-refractivity contribution in [2.75, 3.05) is 26.7 Å². The molecule has 0 aromatic carbocycles. The Hall–Kier alpha value is -0.980. The Morgan fingerprint density at radius 3 is 3.00 bits per heavy atom. The average molecular weight is 283 g/mol. The molecule has 1 N–H and O–H groups in total. The third-order valence-electron chi connectivity index (χ3n) is 3.24. The first-order chi connectivity index (χ1) is 9.11. The highest BCUT2D eigenvalue weighted by molar-refractivity contribution is 7.09. The average Bonchev–Trinajstić information content (AvgIpc) is 2.75. The zero-order valence-electron chi connectivity index (χ0n) is 11.7. The fourth-order valence-corrected chi connectivity index (χ4v) is 2.81. The van der Waals surface area contributed by atoms with Crippen LogP contribution in [0, 0.1) is 5.92 Å². The summed E-state index contributed by atoms with van der Waals surface area (Å²) in [5.41, 5.74) is 0.940. The van der Waals surface area contributed by atoms with Crippen LogP contribution in [0.5, 0.6) is 0 Å². The van der Waals surface area contributed by atoms with Crippen molar-refractivity contribution in [3.63, 3.8) is 0 Å². The molecule has 1 aliphatic rings. The van der Waals surface area contributed by atoms with E-state index >= 15 is 0 Å². The summed E-state index contributed by atoms with van der Waals surface area (Å²) in [6.45, 7) is 6.83. The Balaban J connectivity index is 1.90. The van der Waals surface area contributed by atoms with Gasteiger partial charge in [-0.3, -0.25) is 4.79 Å². The van der Waals surface area contributed by atoms with Gasteiger partial charge in [-0.1, -0.05) is 0 Å². The molecule has 1 aromatic heterocycles. The summed E-state index contributed by atoms with van der Waals surface area (Å²) < 4.78 is 5.52. The summed E-state index contributed by atoms with van der Waals surface area (Å²) in [6, 6.07) is 0. The van der Waals surface area contributed by atoms with Crippen LogP contribution >= 0.6 is 11.3 Å². The molecule has 1 amide bonds. The van der Waals surface area contributed by atoms with Gasteiger partial charge in [0, 0.05) is 32.1 Å². The van der Waals surface area contributed by atoms with E-state index in [4.69, 9.17) is 4.74 Å². The number of carbonyl (C=O) groups excluding carboxylic acids is 1. The minimum Gasteiger partial charge on any atom is -0.372 e. The van der Waals surface area contributed by atoms with E-state index in [1.807, 2.05) is 26.3 Å². The van der Waals surface area contributed by atoms with Crippen molar-refractivity contribution >= 4 is 17.2 Å². The number of amides is 1. The molecule has 1 atom stereocenters. The molecule has 1 fully saturated rings. The van der Waals surface area contributed by atoms with Crippen LogP contribution in [0.25, 0.3) is 0 Å². The highest BCUT2D eigenvalue weighted by Crippen LogP contribution is 2.22. The third-order valence-corrected chi connectivity index (χ3v) is 4.29. The summed E-state index contributed by atoms with van der Waals surface area (Å²) >= 11 is 1.59. The van der Waals surface area contributed by atoms with E-state index in [1.54, 1.807) is 16.2 Å². The molecule has 6 heteroatoms. The zero-order valence-corrected chi connectivity index (χ0v) is 12.5. The molecule has 2 heterocycles. The van der Waals surface area contributed by atoms with Gasteiger partial charge in [0.15, 0.2) is 0 Å². The molecule has 1 aliphatic heterocycles. The van der Waals surface area contributed by atoms with Crippen molar-refractivity contribution in [3.8, 4) is 0 Å². The molecule has 19 heavy (non-hydrogen) atoms. The highest BCUT2D eigenvalue weighted by atomic mass is 32.1. The lowest BCUT2D eigenvalue weighted by Crippen LogP contribution is -2.51. The number of nitrogens with zero attached hydrogens (tertiary/aromatic N) is 2. The Bertz CT molecular complexity index is 431. The quantitative estimate of drug-likeness (QED) is 0.858. The van der Waals surface area contributed by atoms with Gasteiger partial charge >= 0.3 is 0 Å². The van der Waals surface area contributed by atoms with Crippen molar-refractivity contribution < 1.29 is 9.53 Å². The van der Waals surface area contributed by atoms with Crippen molar-refractivity contribution in [2.45, 2.75) is 26.5 Å². The van der Waals surface area contributed by atoms with Gasteiger partial charge in [0.2, 0.25) is 5.91 Å². The van der Waals surface area contributed by atoms with Crippen LogP contribution in [-0.4, -0.2) is 42.5 Å². The van der Waals surface area contributed by atoms with Gasteiger partial charge in [-0.15, -0.1) is 11.3 Å². The van der Waals surface area contributed by atoms with Gasteiger partial charge in [-0.25, -0.2) is 4.98 Å². The van der Waals surface area contributed by atoms with Crippen molar-refractivity contribution in [1.29, 1.82) is 0 Å². The predicted molar refractivity (Wildman–Crippen MR) is 75.0 cm³/mol. The van der Waals surface area contributed by atoms with Gasteiger partial charge in [0.05, 0.1) is 18.2 Å². The van der Waals surface area contributed by atoms with Gasteiger partial charge in [0.25, 0.3) is 0 Å². The maximum Gasteiger partial charge on any atom is 0.228 e. The molecular weight excluding hydrogens is 262 g/mol. The summed E-state index contributed by atoms with van der Waals surface area (Å²) in [5, 5.41) is 6.10. The number of hydrogen-bond acceptors (Lipinski definition) is 5. The number of rotatable bonds is 6. The minimum absolute atomic E-state index is 0.0283. The molecule has 1 aromatic rings. The van der Waals surface area contributed by atoms with E-state index in [-0.39, 0.29) is 17.9 Å². The van der Waals surface area contributed by atoms with E-state index in [9.17, 15) is 4.79 Å². The van der Waals surface area contributed by atoms with Crippen LogP contribution in [0.15, 0.2) is 5.38 Å². The summed E-state index contributed by atoms with van der Waals surface area (Å²) in [4.78, 5) is 18.3. The Kier molecular flexibility index (Phi) is 4.90. The van der Waals surface area contributed by atoms with Crippen molar-refractivity contribution in [1.82, 2.24) is 15.2 Å². The molecule has 5 nitrogen and oxygen atoms in total. The highest BCUT2D eigenvalue weighted by Gasteiger charge is 2.27. The smallest absolute Gasteiger partial charge is 0.228 e. The molecule has 0 bridgehead atoms. The topological polar surface area (TPSA) is 54.5 Å². The molecular formula is C13H21N3O2S. The molecule has 0 radical (unpaired) electrons. The maximum atomic E-state index is 12.0. The zero-order chi connectivity index (χ0) is 13.8. The number of hydrogen-bond donors (Lipinski definition) is 1. The summed E-state index contributed by atoms with van der Waals surface area (Å²) in [6.07, 6.45) is 0.0283. The third kappa shape index (κ3) is 3.52. The minimum atomic E-state index is 0.0283. The lowest BCUT2D eigenvalue weighted by Gasteiger charge is -2.29. The fourth-order valence-electron chi connectivity index (χ4n) is 2.00. The Morgan fingerprint density at radius 2 is 2.42 bits per heavy atom. The monoisotopic (exact) mass is 283 g/mol. The van der Waals surface area contributed by atoms with Crippen molar-refractivity contribution in [2.24, 2.45) is 5.92 Å².